The fraction of sp³-hybridized carbons (Fsp3) is 0.174. The molecule has 1 aromatic heterocycles. The van der Waals surface area contributed by atoms with Crippen molar-refractivity contribution in [2.24, 2.45) is 0 Å². The highest BCUT2D eigenvalue weighted by Crippen LogP contribution is 2.27. The second-order valence-corrected chi connectivity index (χ2v) is 7.19. The third kappa shape index (κ3) is 3.36. The lowest BCUT2D eigenvalue weighted by Crippen LogP contribution is -2.23. The van der Waals surface area contributed by atoms with E-state index in [1.807, 2.05) is 29.0 Å². The summed E-state index contributed by atoms with van der Waals surface area (Å²) in [7, 11) is 3.40. The number of carbonyl (C=O) groups excluding carboxylic acids is 1. The van der Waals surface area contributed by atoms with E-state index >= 15 is 0 Å². The van der Waals surface area contributed by atoms with Crippen molar-refractivity contribution >= 4 is 27.6 Å². The van der Waals surface area contributed by atoms with Crippen molar-refractivity contribution < 1.29 is 13.6 Å². The van der Waals surface area contributed by atoms with Crippen LogP contribution in [0.3, 0.4) is 0 Å². The third-order valence-corrected chi connectivity index (χ3v) is 5.04. The average molecular weight is 378 g/mol. The molecular weight excluding hydrogens is 358 g/mol. The molecule has 0 aliphatic rings. The molecule has 0 saturated carbocycles. The molecule has 0 atom stereocenters. The van der Waals surface area contributed by atoms with Crippen LogP contribution < -0.4 is 0 Å². The van der Waals surface area contributed by atoms with E-state index in [4.69, 9.17) is 0 Å². The molecule has 0 fully saturated rings. The Labute approximate surface area is 161 Å². The fourth-order valence-corrected chi connectivity index (χ4v) is 3.57. The number of likely N-dealkylation sites (N-methyl/N-ethyl adjacent to an activating group) is 1. The summed E-state index contributed by atoms with van der Waals surface area (Å²) >= 11 is 0. The maximum Gasteiger partial charge on any atom is 0.226 e. The Morgan fingerprint density at radius 2 is 1.64 bits per heavy atom. The minimum Gasteiger partial charge on any atom is -0.349 e. The molecule has 4 aromatic rings. The van der Waals surface area contributed by atoms with Crippen LogP contribution in [0.2, 0.25) is 0 Å². The van der Waals surface area contributed by atoms with Gasteiger partial charge >= 0.3 is 0 Å². The first-order valence-electron chi connectivity index (χ1n) is 9.07. The Hall–Kier alpha value is -3.21. The van der Waals surface area contributed by atoms with E-state index < -0.39 is 0 Å². The van der Waals surface area contributed by atoms with Crippen LogP contribution in [-0.4, -0.2) is 29.5 Å². The van der Waals surface area contributed by atoms with E-state index in [0.717, 1.165) is 32.8 Å². The average Bonchev–Trinajstić information content (AvgIpc) is 2.98. The lowest BCUT2D eigenvalue weighted by Gasteiger charge is -2.10. The summed E-state index contributed by atoms with van der Waals surface area (Å²) < 4.78 is 29.6. The van der Waals surface area contributed by atoms with Gasteiger partial charge in [-0.25, -0.2) is 8.78 Å². The number of rotatable bonds is 4. The van der Waals surface area contributed by atoms with Crippen LogP contribution in [0, 0.1) is 11.6 Å². The van der Waals surface area contributed by atoms with Crippen LogP contribution in [0.25, 0.3) is 21.7 Å². The molecule has 3 aromatic carbocycles. The first-order valence-corrected chi connectivity index (χ1v) is 9.07. The lowest BCUT2D eigenvalue weighted by atomic mass is 10.0. The Bertz CT molecular complexity index is 1190. The molecule has 0 saturated heterocycles. The molecule has 0 aliphatic carbocycles. The van der Waals surface area contributed by atoms with Crippen molar-refractivity contribution in [2.45, 2.75) is 13.0 Å². The summed E-state index contributed by atoms with van der Waals surface area (Å²) in [5, 5.41) is 2.53. The predicted molar refractivity (Wildman–Crippen MR) is 107 cm³/mol. The van der Waals surface area contributed by atoms with Gasteiger partial charge in [0.2, 0.25) is 5.91 Å². The molecule has 1 heterocycles. The van der Waals surface area contributed by atoms with Gasteiger partial charge in [0.1, 0.15) is 11.6 Å². The summed E-state index contributed by atoms with van der Waals surface area (Å²) in [4.78, 5) is 13.7. The molecule has 0 aliphatic heterocycles. The predicted octanol–water partition coefficient (Wildman–Crippen LogP) is 4.75. The van der Waals surface area contributed by atoms with Gasteiger partial charge in [0.05, 0.1) is 6.42 Å². The van der Waals surface area contributed by atoms with E-state index in [1.54, 1.807) is 26.2 Å². The van der Waals surface area contributed by atoms with Gasteiger partial charge in [-0.3, -0.25) is 4.79 Å². The molecule has 3 nitrogen and oxygen atoms in total. The van der Waals surface area contributed by atoms with Gasteiger partial charge in [-0.15, -0.1) is 0 Å². The zero-order valence-corrected chi connectivity index (χ0v) is 15.7. The topological polar surface area (TPSA) is 25.2 Å². The zero-order valence-electron chi connectivity index (χ0n) is 15.7. The minimum absolute atomic E-state index is 0.0458. The summed E-state index contributed by atoms with van der Waals surface area (Å²) in [5.41, 5.74) is 2.58. The Morgan fingerprint density at radius 1 is 0.929 bits per heavy atom. The molecule has 5 heteroatoms. The van der Waals surface area contributed by atoms with Crippen LogP contribution in [0.4, 0.5) is 8.78 Å². The second-order valence-electron chi connectivity index (χ2n) is 7.19. The SMILES string of the molecule is CN(C)C(=O)Cc1cn(Cc2cccc3ccc(F)cc23)c2ccc(F)cc12. The Balaban J connectivity index is 1.81. The standard InChI is InChI=1S/C23H20F2N2O/c1-26(2)23(28)10-17-14-27(22-9-8-19(25)12-21(17)22)13-16-5-3-4-15-6-7-18(24)11-20(15)16/h3-9,11-12,14H,10,13H2,1-2H3. The normalized spacial score (nSPS) is 11.3. The number of carbonyl (C=O) groups is 1. The largest absolute Gasteiger partial charge is 0.349 e. The number of aromatic nitrogens is 1. The van der Waals surface area contributed by atoms with E-state index in [0.29, 0.717) is 6.54 Å². The highest BCUT2D eigenvalue weighted by Gasteiger charge is 2.15. The monoisotopic (exact) mass is 378 g/mol. The molecule has 0 bridgehead atoms. The zero-order chi connectivity index (χ0) is 19.8. The molecule has 142 valence electrons. The lowest BCUT2D eigenvalue weighted by molar-refractivity contribution is -0.127. The van der Waals surface area contributed by atoms with E-state index in [-0.39, 0.29) is 24.0 Å². The van der Waals surface area contributed by atoms with Crippen LogP contribution in [-0.2, 0) is 17.8 Å². The van der Waals surface area contributed by atoms with E-state index in [9.17, 15) is 13.6 Å². The van der Waals surface area contributed by atoms with Gasteiger partial charge in [0, 0.05) is 37.7 Å². The number of halogens is 2. The highest BCUT2D eigenvalue weighted by molar-refractivity contribution is 5.90. The number of fused-ring (bicyclic) bond motifs is 2. The Morgan fingerprint density at radius 3 is 2.39 bits per heavy atom. The number of hydrogen-bond donors (Lipinski definition) is 0. The molecule has 28 heavy (non-hydrogen) atoms. The molecule has 1 amide bonds. The van der Waals surface area contributed by atoms with Crippen molar-refractivity contribution in [2.75, 3.05) is 14.1 Å². The molecular formula is C23H20F2N2O. The molecule has 0 radical (unpaired) electrons. The van der Waals surface area contributed by atoms with Gasteiger partial charge in [-0.1, -0.05) is 24.3 Å². The van der Waals surface area contributed by atoms with Crippen LogP contribution in [0.15, 0.2) is 60.8 Å². The van der Waals surface area contributed by atoms with Crippen LogP contribution in [0.1, 0.15) is 11.1 Å². The van der Waals surface area contributed by atoms with Crippen molar-refractivity contribution in [3.63, 3.8) is 0 Å². The smallest absolute Gasteiger partial charge is 0.226 e. The summed E-state index contributed by atoms with van der Waals surface area (Å²) in [5.74, 6) is -0.664. The van der Waals surface area contributed by atoms with Crippen molar-refractivity contribution in [1.29, 1.82) is 0 Å². The van der Waals surface area contributed by atoms with Crippen molar-refractivity contribution in [3.8, 4) is 0 Å². The number of hydrogen-bond acceptors (Lipinski definition) is 1. The second kappa shape index (κ2) is 7.08. The minimum atomic E-state index is -0.337. The number of benzene rings is 3. The molecule has 0 N–H and O–H groups in total. The van der Waals surface area contributed by atoms with E-state index in [2.05, 4.69) is 0 Å². The quantitative estimate of drug-likeness (QED) is 0.503. The Kier molecular flexibility index (Phi) is 4.59. The van der Waals surface area contributed by atoms with Gasteiger partial charge in [-0.05, 0) is 52.2 Å². The maximum atomic E-state index is 13.9. The highest BCUT2D eigenvalue weighted by atomic mass is 19.1. The van der Waals surface area contributed by atoms with Crippen molar-refractivity contribution in [1.82, 2.24) is 9.47 Å². The summed E-state index contributed by atoms with van der Waals surface area (Å²) in [6, 6.07) is 15.2. The van der Waals surface area contributed by atoms with Crippen LogP contribution in [0.5, 0.6) is 0 Å². The summed E-state index contributed by atoms with van der Waals surface area (Å²) in [6.45, 7) is 0.499. The molecule has 4 rings (SSSR count). The molecule has 0 unspecified atom stereocenters. The fourth-order valence-electron chi connectivity index (χ4n) is 3.57. The van der Waals surface area contributed by atoms with Crippen LogP contribution >= 0.6 is 0 Å². The van der Waals surface area contributed by atoms with E-state index in [1.165, 1.54) is 29.2 Å². The van der Waals surface area contributed by atoms with Gasteiger partial charge in [0.15, 0.2) is 0 Å². The van der Waals surface area contributed by atoms with Gasteiger partial charge in [0.25, 0.3) is 0 Å². The third-order valence-electron chi connectivity index (χ3n) is 5.04. The van der Waals surface area contributed by atoms with Crippen molar-refractivity contribution in [3.05, 3.63) is 83.6 Å². The number of amides is 1. The summed E-state index contributed by atoms with van der Waals surface area (Å²) in [6.07, 6.45) is 2.09. The first-order chi connectivity index (χ1) is 13.4. The molecule has 0 spiro atoms. The maximum absolute atomic E-state index is 13.9. The number of nitrogens with zero attached hydrogens (tertiary/aromatic N) is 2. The first kappa shape index (κ1) is 18.2. The van der Waals surface area contributed by atoms with Gasteiger partial charge < -0.3 is 9.47 Å². The van der Waals surface area contributed by atoms with Gasteiger partial charge in [-0.2, -0.15) is 0 Å².